The number of nitriles is 1. The molecule has 0 saturated heterocycles. The van der Waals surface area contributed by atoms with Crippen molar-refractivity contribution in [3.63, 3.8) is 0 Å². The van der Waals surface area contributed by atoms with E-state index in [2.05, 4.69) is 0 Å². The van der Waals surface area contributed by atoms with E-state index in [-0.39, 0.29) is 16.9 Å². The molecule has 21 heavy (non-hydrogen) atoms. The number of carbonyl (C=O) groups is 2. The number of Topliss-reactive ketones (excluding diaryl/α,β-unsaturated/α-hetero) is 1. The summed E-state index contributed by atoms with van der Waals surface area (Å²) < 4.78 is 0. The molecule has 0 aliphatic heterocycles. The number of hydrogen-bond donors (Lipinski definition) is 1. The van der Waals surface area contributed by atoms with Crippen molar-refractivity contribution in [2.75, 3.05) is 0 Å². The lowest BCUT2D eigenvalue weighted by atomic mass is 9.97. The fourth-order valence-electron chi connectivity index (χ4n) is 2.47. The Kier molecular flexibility index (Phi) is 2.89. The summed E-state index contributed by atoms with van der Waals surface area (Å²) in [5.74, 6) is -1.30. The van der Waals surface area contributed by atoms with Crippen LogP contribution in [0.3, 0.4) is 0 Å². The van der Waals surface area contributed by atoms with E-state index < -0.39 is 5.97 Å². The smallest absolute Gasteiger partial charge is 0.335 e. The normalized spacial score (nSPS) is 13.0. The molecule has 0 heterocycles. The summed E-state index contributed by atoms with van der Waals surface area (Å²) in [4.78, 5) is 23.1. The number of rotatable bonds is 2. The van der Waals surface area contributed by atoms with Crippen molar-refractivity contribution in [1.29, 1.82) is 5.26 Å². The van der Waals surface area contributed by atoms with Crippen molar-refractivity contribution in [2.45, 2.75) is 0 Å². The lowest BCUT2D eigenvalue weighted by Gasteiger charge is -2.06. The van der Waals surface area contributed by atoms with Crippen LogP contribution in [0.15, 0.2) is 54.1 Å². The van der Waals surface area contributed by atoms with Gasteiger partial charge in [0, 0.05) is 11.1 Å². The number of nitrogens with zero attached hydrogens (tertiary/aromatic N) is 1. The number of benzene rings is 2. The van der Waals surface area contributed by atoms with Gasteiger partial charge in [0.15, 0.2) is 0 Å². The quantitative estimate of drug-likeness (QED) is 0.914. The fourth-order valence-corrected chi connectivity index (χ4v) is 2.47. The van der Waals surface area contributed by atoms with Crippen LogP contribution >= 0.6 is 0 Å². The summed E-state index contributed by atoms with van der Waals surface area (Å²) in [5, 5.41) is 18.2. The zero-order valence-electron chi connectivity index (χ0n) is 10.8. The van der Waals surface area contributed by atoms with Crippen LogP contribution in [0.5, 0.6) is 0 Å². The maximum atomic E-state index is 12.2. The van der Waals surface area contributed by atoms with Gasteiger partial charge in [-0.25, -0.2) is 4.79 Å². The van der Waals surface area contributed by atoms with Gasteiger partial charge in [-0.2, -0.15) is 5.26 Å². The summed E-state index contributed by atoms with van der Waals surface area (Å²) in [5.41, 5.74) is 2.70. The first kappa shape index (κ1) is 12.8. The highest BCUT2D eigenvalue weighted by atomic mass is 16.4. The van der Waals surface area contributed by atoms with Crippen molar-refractivity contribution in [3.8, 4) is 6.07 Å². The molecule has 0 fully saturated rings. The Morgan fingerprint density at radius 1 is 1.00 bits per heavy atom. The zero-order valence-corrected chi connectivity index (χ0v) is 10.8. The second-order valence-electron chi connectivity index (χ2n) is 4.62. The zero-order chi connectivity index (χ0) is 15.0. The highest BCUT2D eigenvalue weighted by Gasteiger charge is 2.30. The number of allylic oxidation sites excluding steroid dienone is 1. The monoisotopic (exact) mass is 275 g/mol. The molecule has 0 radical (unpaired) electrons. The highest BCUT2D eigenvalue weighted by molar-refractivity contribution is 6.25. The standard InChI is InChI=1S/C17H9NO3/c18-9-14-15(10-5-7-11(8-6-10)17(20)21)12-3-1-2-4-13(12)16(14)19/h1-8H,(H,20,21). The number of hydrogen-bond acceptors (Lipinski definition) is 3. The Morgan fingerprint density at radius 3 is 2.19 bits per heavy atom. The van der Waals surface area contributed by atoms with E-state index in [1.807, 2.05) is 6.07 Å². The molecule has 0 spiro atoms. The lowest BCUT2D eigenvalue weighted by Crippen LogP contribution is -1.97. The first-order valence-electron chi connectivity index (χ1n) is 6.25. The lowest BCUT2D eigenvalue weighted by molar-refractivity contribution is 0.0696. The Labute approximate surface area is 120 Å². The van der Waals surface area contributed by atoms with Gasteiger partial charge in [0.1, 0.15) is 11.6 Å². The molecule has 2 aromatic carbocycles. The van der Waals surface area contributed by atoms with E-state index >= 15 is 0 Å². The average molecular weight is 275 g/mol. The van der Waals surface area contributed by atoms with Crippen LogP contribution in [0.4, 0.5) is 0 Å². The van der Waals surface area contributed by atoms with Crippen LogP contribution in [0, 0.1) is 11.3 Å². The number of aromatic carboxylic acids is 1. The summed E-state index contributed by atoms with van der Waals surface area (Å²) in [6.07, 6.45) is 0. The predicted octanol–water partition coefficient (Wildman–Crippen LogP) is 2.91. The Hall–Kier alpha value is -3.19. The maximum absolute atomic E-state index is 12.2. The van der Waals surface area contributed by atoms with E-state index in [0.717, 1.165) is 0 Å². The van der Waals surface area contributed by atoms with Gasteiger partial charge in [-0.15, -0.1) is 0 Å². The minimum absolute atomic E-state index is 0.0966. The number of fused-ring (bicyclic) bond motifs is 1. The van der Waals surface area contributed by atoms with Crippen molar-refractivity contribution < 1.29 is 14.7 Å². The summed E-state index contributed by atoms with van der Waals surface area (Å²) >= 11 is 0. The van der Waals surface area contributed by atoms with Gasteiger partial charge in [-0.05, 0) is 23.3 Å². The minimum Gasteiger partial charge on any atom is -0.478 e. The third kappa shape index (κ3) is 1.92. The molecule has 0 saturated carbocycles. The van der Waals surface area contributed by atoms with Crippen molar-refractivity contribution in [1.82, 2.24) is 0 Å². The molecular formula is C17H9NO3. The van der Waals surface area contributed by atoms with Crippen molar-refractivity contribution in [2.24, 2.45) is 0 Å². The Morgan fingerprint density at radius 2 is 1.62 bits per heavy atom. The van der Waals surface area contributed by atoms with Gasteiger partial charge in [0.25, 0.3) is 0 Å². The van der Waals surface area contributed by atoms with E-state index in [1.165, 1.54) is 12.1 Å². The van der Waals surface area contributed by atoms with E-state index in [9.17, 15) is 14.9 Å². The largest absolute Gasteiger partial charge is 0.478 e. The molecule has 1 N–H and O–H groups in total. The van der Waals surface area contributed by atoms with E-state index in [1.54, 1.807) is 36.4 Å². The van der Waals surface area contributed by atoms with E-state index in [0.29, 0.717) is 22.3 Å². The average Bonchev–Trinajstić information content (AvgIpc) is 2.80. The molecule has 0 bridgehead atoms. The first-order valence-corrected chi connectivity index (χ1v) is 6.25. The van der Waals surface area contributed by atoms with Gasteiger partial charge >= 0.3 is 5.97 Å². The van der Waals surface area contributed by atoms with E-state index in [4.69, 9.17) is 5.11 Å². The number of carboxylic acids is 1. The van der Waals surface area contributed by atoms with Crippen LogP contribution in [0.25, 0.3) is 5.57 Å². The first-order chi connectivity index (χ1) is 10.1. The molecule has 1 aliphatic carbocycles. The SMILES string of the molecule is N#CC1=C(c2ccc(C(=O)O)cc2)c2ccccc2C1=O. The summed E-state index contributed by atoms with van der Waals surface area (Å²) in [6.45, 7) is 0. The van der Waals surface area contributed by atoms with Crippen LogP contribution in [0.2, 0.25) is 0 Å². The second kappa shape index (κ2) is 4.73. The van der Waals surface area contributed by atoms with Crippen LogP contribution in [-0.2, 0) is 0 Å². The molecule has 1 aliphatic rings. The molecule has 0 unspecified atom stereocenters. The highest BCUT2D eigenvalue weighted by Crippen LogP contribution is 2.37. The molecule has 2 aromatic rings. The van der Waals surface area contributed by atoms with Gasteiger partial charge in [-0.3, -0.25) is 4.79 Å². The summed E-state index contributed by atoms with van der Waals surface area (Å²) in [7, 11) is 0. The van der Waals surface area contributed by atoms with Crippen LogP contribution < -0.4 is 0 Å². The molecule has 4 nitrogen and oxygen atoms in total. The number of carbonyl (C=O) groups excluding carboxylic acids is 1. The molecular weight excluding hydrogens is 266 g/mol. The van der Waals surface area contributed by atoms with Gasteiger partial charge in [0.05, 0.1) is 5.56 Å². The van der Waals surface area contributed by atoms with Crippen LogP contribution in [0.1, 0.15) is 31.8 Å². The Bertz CT molecular complexity index is 839. The molecule has 0 amide bonds. The van der Waals surface area contributed by atoms with Gasteiger partial charge < -0.3 is 5.11 Å². The molecule has 3 rings (SSSR count). The van der Waals surface area contributed by atoms with Gasteiger partial charge in [-0.1, -0.05) is 36.4 Å². The second-order valence-corrected chi connectivity index (χ2v) is 4.62. The topological polar surface area (TPSA) is 78.2 Å². The number of carboxylic acid groups (broad SMARTS) is 1. The molecule has 4 heteroatoms. The third-order valence-electron chi connectivity index (χ3n) is 3.45. The minimum atomic E-state index is -1.01. The predicted molar refractivity (Wildman–Crippen MR) is 75.8 cm³/mol. The molecule has 0 atom stereocenters. The van der Waals surface area contributed by atoms with Crippen LogP contribution in [-0.4, -0.2) is 16.9 Å². The molecule has 0 aromatic heterocycles. The van der Waals surface area contributed by atoms with Crippen molar-refractivity contribution >= 4 is 17.3 Å². The fraction of sp³-hybridized carbons (Fsp3) is 0. The number of ketones is 1. The van der Waals surface area contributed by atoms with Crippen molar-refractivity contribution in [3.05, 3.63) is 76.4 Å². The third-order valence-corrected chi connectivity index (χ3v) is 3.45. The Balaban J connectivity index is 2.20. The van der Waals surface area contributed by atoms with Gasteiger partial charge in [0.2, 0.25) is 5.78 Å². The maximum Gasteiger partial charge on any atom is 0.335 e. The summed E-state index contributed by atoms with van der Waals surface area (Å²) in [6, 6.07) is 15.2. The molecule has 100 valence electrons.